The van der Waals surface area contributed by atoms with E-state index in [2.05, 4.69) is 20.6 Å². The van der Waals surface area contributed by atoms with E-state index in [0.717, 1.165) is 6.07 Å². The number of aromatic amines is 2. The Morgan fingerprint density at radius 3 is 2.50 bits per heavy atom. The number of aromatic nitrogens is 2. The molecule has 22 heavy (non-hydrogen) atoms. The predicted molar refractivity (Wildman–Crippen MR) is 81.3 cm³/mol. The minimum Gasteiger partial charge on any atom is -0.508 e. The first-order valence-corrected chi connectivity index (χ1v) is 6.33. The summed E-state index contributed by atoms with van der Waals surface area (Å²) in [4.78, 5) is 28.2. The molecule has 0 unspecified atom stereocenters. The Kier molecular flexibility index (Phi) is 3.18. The van der Waals surface area contributed by atoms with Crippen LogP contribution in [0.1, 0.15) is 0 Å². The SMILES string of the molecule is O=C(Nc1ccc2[nH]c(=O)[nH]c2c1)Nc1ccc(O)cc1O. The van der Waals surface area contributed by atoms with Crippen LogP contribution in [0.3, 0.4) is 0 Å². The molecule has 0 aliphatic heterocycles. The van der Waals surface area contributed by atoms with E-state index >= 15 is 0 Å². The van der Waals surface area contributed by atoms with Gasteiger partial charge in [0.15, 0.2) is 0 Å². The second-order valence-corrected chi connectivity index (χ2v) is 4.62. The van der Waals surface area contributed by atoms with Gasteiger partial charge in [0, 0.05) is 11.8 Å². The van der Waals surface area contributed by atoms with Crippen molar-refractivity contribution in [2.45, 2.75) is 0 Å². The van der Waals surface area contributed by atoms with Crippen LogP contribution in [0.2, 0.25) is 0 Å². The van der Waals surface area contributed by atoms with E-state index in [9.17, 15) is 19.8 Å². The number of carbonyl (C=O) groups is 1. The number of phenols is 2. The van der Waals surface area contributed by atoms with Gasteiger partial charge in [-0.15, -0.1) is 0 Å². The quantitative estimate of drug-likeness (QED) is 0.319. The first-order valence-electron chi connectivity index (χ1n) is 6.33. The molecule has 0 saturated heterocycles. The van der Waals surface area contributed by atoms with E-state index < -0.39 is 6.03 Å². The van der Waals surface area contributed by atoms with E-state index in [1.807, 2.05) is 0 Å². The number of rotatable bonds is 2. The summed E-state index contributed by atoms with van der Waals surface area (Å²) < 4.78 is 0. The third-order valence-electron chi connectivity index (χ3n) is 3.00. The summed E-state index contributed by atoms with van der Waals surface area (Å²) >= 11 is 0. The smallest absolute Gasteiger partial charge is 0.323 e. The summed E-state index contributed by atoms with van der Waals surface area (Å²) in [6.07, 6.45) is 0. The van der Waals surface area contributed by atoms with E-state index in [1.54, 1.807) is 18.2 Å². The second-order valence-electron chi connectivity index (χ2n) is 4.62. The molecule has 0 fully saturated rings. The van der Waals surface area contributed by atoms with Gasteiger partial charge in [0.05, 0.1) is 16.7 Å². The molecular weight excluding hydrogens is 288 g/mol. The number of fused-ring (bicyclic) bond motifs is 1. The Labute approximate surface area is 123 Å². The Hall–Kier alpha value is -3.42. The Morgan fingerprint density at radius 1 is 0.955 bits per heavy atom. The van der Waals surface area contributed by atoms with Crippen molar-refractivity contribution in [2.75, 3.05) is 10.6 Å². The molecule has 3 aromatic rings. The molecule has 0 aliphatic carbocycles. The van der Waals surface area contributed by atoms with Crippen molar-refractivity contribution in [1.82, 2.24) is 9.97 Å². The van der Waals surface area contributed by atoms with Crippen LogP contribution in [0.15, 0.2) is 41.2 Å². The summed E-state index contributed by atoms with van der Waals surface area (Å²) in [5.41, 5.74) is 1.50. The van der Waals surface area contributed by atoms with Gasteiger partial charge < -0.3 is 30.8 Å². The van der Waals surface area contributed by atoms with Gasteiger partial charge in [-0.2, -0.15) is 0 Å². The molecule has 8 nitrogen and oxygen atoms in total. The number of carbonyl (C=O) groups excluding carboxylic acids is 1. The number of hydrogen-bond acceptors (Lipinski definition) is 4. The lowest BCUT2D eigenvalue weighted by atomic mass is 10.2. The number of aromatic hydroxyl groups is 2. The molecule has 1 heterocycles. The summed E-state index contributed by atoms with van der Waals surface area (Å²) in [5, 5.41) is 23.8. The first-order chi connectivity index (χ1) is 10.5. The molecule has 2 amide bonds. The van der Waals surface area contributed by atoms with E-state index in [4.69, 9.17) is 0 Å². The lowest BCUT2D eigenvalue weighted by Crippen LogP contribution is -2.19. The van der Waals surface area contributed by atoms with Crippen molar-refractivity contribution in [3.05, 3.63) is 46.9 Å². The zero-order chi connectivity index (χ0) is 15.7. The van der Waals surface area contributed by atoms with Crippen molar-refractivity contribution < 1.29 is 15.0 Å². The van der Waals surface area contributed by atoms with E-state index in [-0.39, 0.29) is 22.9 Å². The first kappa shape index (κ1) is 13.6. The van der Waals surface area contributed by atoms with Crippen molar-refractivity contribution in [3.8, 4) is 11.5 Å². The summed E-state index contributed by atoms with van der Waals surface area (Å²) in [5.74, 6) is -0.356. The van der Waals surface area contributed by atoms with Crippen LogP contribution in [-0.2, 0) is 0 Å². The molecular formula is C14H12N4O4. The maximum atomic E-state index is 11.9. The molecule has 2 aromatic carbocycles. The highest BCUT2D eigenvalue weighted by Gasteiger charge is 2.08. The molecule has 3 rings (SSSR count). The number of anilines is 2. The number of urea groups is 1. The van der Waals surface area contributed by atoms with Crippen molar-refractivity contribution in [1.29, 1.82) is 0 Å². The van der Waals surface area contributed by atoms with Crippen LogP contribution in [0, 0.1) is 0 Å². The lowest BCUT2D eigenvalue weighted by Gasteiger charge is -2.09. The van der Waals surface area contributed by atoms with E-state index in [0.29, 0.717) is 16.7 Å². The number of phenolic OH excluding ortho intramolecular Hbond substituents is 2. The molecule has 0 radical (unpaired) electrons. The van der Waals surface area contributed by atoms with Gasteiger partial charge in [-0.05, 0) is 30.3 Å². The van der Waals surface area contributed by atoms with Gasteiger partial charge in [0.25, 0.3) is 0 Å². The molecule has 0 aliphatic rings. The van der Waals surface area contributed by atoms with Crippen LogP contribution < -0.4 is 16.3 Å². The number of hydrogen-bond donors (Lipinski definition) is 6. The van der Waals surface area contributed by atoms with Gasteiger partial charge in [0.2, 0.25) is 0 Å². The van der Waals surface area contributed by atoms with Crippen LogP contribution in [0.25, 0.3) is 11.0 Å². The average molecular weight is 300 g/mol. The predicted octanol–water partition coefficient (Wildman–Crippen LogP) is 1.91. The fourth-order valence-electron chi connectivity index (χ4n) is 2.02. The average Bonchev–Trinajstić information content (AvgIpc) is 2.81. The zero-order valence-corrected chi connectivity index (χ0v) is 11.2. The molecule has 0 atom stereocenters. The third kappa shape index (κ3) is 2.70. The van der Waals surface area contributed by atoms with Gasteiger partial charge in [-0.25, -0.2) is 9.59 Å². The second kappa shape index (κ2) is 5.17. The highest BCUT2D eigenvalue weighted by Crippen LogP contribution is 2.27. The molecule has 6 N–H and O–H groups in total. The Morgan fingerprint density at radius 2 is 1.73 bits per heavy atom. The summed E-state index contributed by atoms with van der Waals surface area (Å²) in [7, 11) is 0. The van der Waals surface area contributed by atoms with Gasteiger partial charge >= 0.3 is 11.7 Å². The third-order valence-corrected chi connectivity index (χ3v) is 3.00. The topological polar surface area (TPSA) is 130 Å². The van der Waals surface area contributed by atoms with Crippen molar-refractivity contribution in [2.24, 2.45) is 0 Å². The molecule has 112 valence electrons. The van der Waals surface area contributed by atoms with Crippen LogP contribution in [-0.4, -0.2) is 26.2 Å². The van der Waals surface area contributed by atoms with Gasteiger partial charge in [-0.1, -0.05) is 0 Å². The van der Waals surface area contributed by atoms with Crippen LogP contribution in [0.5, 0.6) is 11.5 Å². The molecule has 0 saturated carbocycles. The number of benzene rings is 2. The number of nitrogens with one attached hydrogen (secondary N) is 4. The number of H-pyrrole nitrogens is 2. The minimum absolute atomic E-state index is 0.106. The fraction of sp³-hybridized carbons (Fsp3) is 0. The number of amides is 2. The largest absolute Gasteiger partial charge is 0.508 e. The molecule has 0 bridgehead atoms. The Balaban J connectivity index is 1.76. The molecule has 1 aromatic heterocycles. The van der Waals surface area contributed by atoms with Crippen LogP contribution >= 0.6 is 0 Å². The molecule has 8 heteroatoms. The standard InChI is InChI=1S/C14H12N4O4/c19-8-2-4-10(12(20)6-8)17-13(21)15-7-1-3-9-11(5-7)18-14(22)16-9/h1-6,19-20H,(H2,15,17,21)(H2,16,18,22). The maximum absolute atomic E-state index is 11.9. The lowest BCUT2D eigenvalue weighted by molar-refractivity contribution is 0.262. The normalized spacial score (nSPS) is 10.5. The van der Waals surface area contributed by atoms with Crippen LogP contribution in [0.4, 0.5) is 16.2 Å². The maximum Gasteiger partial charge on any atom is 0.323 e. The van der Waals surface area contributed by atoms with Crippen molar-refractivity contribution in [3.63, 3.8) is 0 Å². The fourth-order valence-corrected chi connectivity index (χ4v) is 2.02. The molecule has 0 spiro atoms. The summed E-state index contributed by atoms with van der Waals surface area (Å²) in [6, 6.07) is 8.14. The van der Waals surface area contributed by atoms with Crippen molar-refractivity contribution >= 4 is 28.4 Å². The van der Waals surface area contributed by atoms with Gasteiger partial charge in [0.1, 0.15) is 11.5 Å². The summed E-state index contributed by atoms with van der Waals surface area (Å²) in [6.45, 7) is 0. The highest BCUT2D eigenvalue weighted by molar-refractivity contribution is 6.01. The monoisotopic (exact) mass is 300 g/mol. The highest BCUT2D eigenvalue weighted by atomic mass is 16.3. The number of imidazole rings is 1. The minimum atomic E-state index is -0.571. The Bertz CT molecular complexity index is 913. The van der Waals surface area contributed by atoms with Gasteiger partial charge in [-0.3, -0.25) is 0 Å². The van der Waals surface area contributed by atoms with E-state index in [1.165, 1.54) is 12.1 Å². The zero-order valence-electron chi connectivity index (χ0n) is 11.2.